The quantitative estimate of drug-likeness (QED) is 0.598. The third-order valence-electron chi connectivity index (χ3n) is 6.98. The second-order valence-corrected chi connectivity index (χ2v) is 8.89. The molecule has 3 heterocycles. The molecule has 2 aromatic carbocycles. The van der Waals surface area contributed by atoms with Crippen molar-refractivity contribution in [3.8, 4) is 28.7 Å². The fourth-order valence-corrected chi connectivity index (χ4v) is 5.10. The molecule has 0 bridgehead atoms. The second kappa shape index (κ2) is 10.1. The maximum atomic E-state index is 13.7. The van der Waals surface area contributed by atoms with Gasteiger partial charge >= 0.3 is 0 Å². The number of amides is 2. The van der Waals surface area contributed by atoms with Gasteiger partial charge in [-0.2, -0.15) is 0 Å². The van der Waals surface area contributed by atoms with Gasteiger partial charge in [-0.15, -0.1) is 0 Å². The van der Waals surface area contributed by atoms with Gasteiger partial charge in [-0.05, 0) is 35.9 Å². The summed E-state index contributed by atoms with van der Waals surface area (Å²) < 4.78 is 32.8. The summed E-state index contributed by atoms with van der Waals surface area (Å²) in [5, 5.41) is 0. The van der Waals surface area contributed by atoms with E-state index in [1.54, 1.807) is 44.4 Å². The summed E-state index contributed by atoms with van der Waals surface area (Å²) in [6, 6.07) is 8.87. The number of benzene rings is 2. The summed E-state index contributed by atoms with van der Waals surface area (Å²) in [4.78, 5) is 30.8. The van der Waals surface area contributed by atoms with Gasteiger partial charge < -0.3 is 38.2 Å². The highest BCUT2D eigenvalue weighted by Crippen LogP contribution is 2.44. The minimum absolute atomic E-state index is 0.0121. The van der Waals surface area contributed by atoms with Crippen molar-refractivity contribution in [1.29, 1.82) is 0 Å². The van der Waals surface area contributed by atoms with Gasteiger partial charge in [0.15, 0.2) is 23.0 Å². The van der Waals surface area contributed by atoms with Crippen LogP contribution in [0.4, 0.5) is 0 Å². The zero-order valence-corrected chi connectivity index (χ0v) is 20.7. The van der Waals surface area contributed by atoms with Crippen molar-refractivity contribution in [3.63, 3.8) is 0 Å². The average molecular weight is 499 g/mol. The summed E-state index contributed by atoms with van der Waals surface area (Å²) in [6.45, 7) is 2.88. The first-order valence-corrected chi connectivity index (χ1v) is 11.9. The van der Waals surface area contributed by atoms with Crippen LogP contribution in [0.15, 0.2) is 30.3 Å². The number of morpholine rings is 1. The van der Waals surface area contributed by atoms with E-state index in [9.17, 15) is 9.59 Å². The summed E-state index contributed by atoms with van der Waals surface area (Å²) in [7, 11) is 4.66. The molecule has 192 valence electrons. The molecule has 0 N–H and O–H groups in total. The molecule has 2 unspecified atom stereocenters. The number of fused-ring (bicyclic) bond motifs is 1. The maximum Gasteiger partial charge on any atom is 0.254 e. The number of ether oxygens (including phenoxy) is 6. The highest BCUT2D eigenvalue weighted by molar-refractivity contribution is 5.96. The Morgan fingerprint density at radius 1 is 0.861 bits per heavy atom. The van der Waals surface area contributed by atoms with Crippen LogP contribution in [0.5, 0.6) is 28.7 Å². The number of carbonyl (C=O) groups excluding carboxylic acids is 2. The number of hydrogen-bond acceptors (Lipinski definition) is 8. The smallest absolute Gasteiger partial charge is 0.254 e. The lowest BCUT2D eigenvalue weighted by Crippen LogP contribution is -2.45. The Morgan fingerprint density at radius 2 is 1.56 bits per heavy atom. The fraction of sp³-hybridized carbons (Fsp3) is 0.462. The molecular weight excluding hydrogens is 468 g/mol. The van der Waals surface area contributed by atoms with E-state index < -0.39 is 5.92 Å². The minimum atomic E-state index is -0.427. The van der Waals surface area contributed by atoms with E-state index in [2.05, 4.69) is 0 Å². The summed E-state index contributed by atoms with van der Waals surface area (Å²) in [5.41, 5.74) is 1.33. The first-order chi connectivity index (χ1) is 17.5. The van der Waals surface area contributed by atoms with Crippen LogP contribution in [0.1, 0.15) is 21.8 Å². The predicted molar refractivity (Wildman–Crippen MR) is 128 cm³/mol. The normalized spacial score (nSPS) is 20.9. The second-order valence-electron chi connectivity index (χ2n) is 8.89. The van der Waals surface area contributed by atoms with E-state index in [0.717, 1.165) is 5.56 Å². The molecule has 2 aromatic rings. The molecule has 36 heavy (non-hydrogen) atoms. The third kappa shape index (κ3) is 4.37. The van der Waals surface area contributed by atoms with Crippen molar-refractivity contribution in [3.05, 3.63) is 41.5 Å². The minimum Gasteiger partial charge on any atom is -0.493 e. The average Bonchev–Trinajstić information content (AvgIpc) is 3.59. The van der Waals surface area contributed by atoms with E-state index >= 15 is 0 Å². The van der Waals surface area contributed by atoms with Crippen LogP contribution in [-0.4, -0.2) is 89.1 Å². The molecule has 5 rings (SSSR count). The van der Waals surface area contributed by atoms with E-state index in [1.165, 1.54) is 0 Å². The number of methoxy groups -OCH3 is 3. The number of hydrogen-bond donors (Lipinski definition) is 0. The van der Waals surface area contributed by atoms with Gasteiger partial charge in [0.25, 0.3) is 5.91 Å². The van der Waals surface area contributed by atoms with Crippen LogP contribution < -0.4 is 23.7 Å². The Kier molecular flexibility index (Phi) is 6.77. The molecule has 0 radical (unpaired) electrons. The van der Waals surface area contributed by atoms with Gasteiger partial charge in [-0.25, -0.2) is 0 Å². The lowest BCUT2D eigenvalue weighted by atomic mass is 9.87. The maximum absolute atomic E-state index is 13.7. The van der Waals surface area contributed by atoms with E-state index in [1.807, 2.05) is 17.0 Å². The van der Waals surface area contributed by atoms with Crippen LogP contribution in [0.25, 0.3) is 0 Å². The first kappa shape index (κ1) is 24.1. The Labute approximate surface area is 209 Å². The fourth-order valence-electron chi connectivity index (χ4n) is 5.10. The Bertz CT molecular complexity index is 1120. The molecule has 2 amide bonds. The van der Waals surface area contributed by atoms with Gasteiger partial charge in [0, 0.05) is 37.7 Å². The Balaban J connectivity index is 1.48. The van der Waals surface area contributed by atoms with Gasteiger partial charge in [0.05, 0.1) is 40.5 Å². The molecule has 0 saturated carbocycles. The van der Waals surface area contributed by atoms with Crippen LogP contribution in [0.2, 0.25) is 0 Å². The van der Waals surface area contributed by atoms with Crippen molar-refractivity contribution in [2.75, 3.05) is 67.5 Å². The van der Waals surface area contributed by atoms with Gasteiger partial charge in [-0.1, -0.05) is 0 Å². The van der Waals surface area contributed by atoms with Gasteiger partial charge in [0.2, 0.25) is 18.4 Å². The Hall–Kier alpha value is -3.66. The molecule has 2 saturated heterocycles. The largest absolute Gasteiger partial charge is 0.493 e. The standard InChI is InChI=1S/C26H30N2O8/c1-31-22-11-17(12-23(32-2)24(22)33-3)18-13-28(14-19(18)26(30)27-6-8-34-9-7-27)25(29)16-4-5-20-21(10-16)36-15-35-20/h4-5,10-12,18-19H,6-9,13-15H2,1-3H3. The van der Waals surface area contributed by atoms with Crippen molar-refractivity contribution in [1.82, 2.24) is 9.80 Å². The predicted octanol–water partition coefficient (Wildman–Crippen LogP) is 2.16. The molecule has 2 atom stereocenters. The molecule has 3 aliphatic rings. The number of rotatable bonds is 6. The van der Waals surface area contributed by atoms with Crippen molar-refractivity contribution < 1.29 is 38.0 Å². The van der Waals surface area contributed by atoms with Crippen LogP contribution in [-0.2, 0) is 9.53 Å². The SMILES string of the molecule is COc1cc(C2CN(C(=O)c3ccc4c(c3)OCO4)CC2C(=O)N2CCOCC2)cc(OC)c1OC. The summed E-state index contributed by atoms with van der Waals surface area (Å²) in [5.74, 6) is 1.81. The third-order valence-corrected chi connectivity index (χ3v) is 6.98. The van der Waals surface area contributed by atoms with Gasteiger partial charge in [0.1, 0.15) is 0 Å². The monoisotopic (exact) mass is 498 g/mol. The molecule has 10 heteroatoms. The van der Waals surface area contributed by atoms with Crippen molar-refractivity contribution in [2.24, 2.45) is 5.92 Å². The van der Waals surface area contributed by atoms with Crippen molar-refractivity contribution in [2.45, 2.75) is 5.92 Å². The lowest BCUT2D eigenvalue weighted by molar-refractivity contribution is -0.139. The van der Waals surface area contributed by atoms with Gasteiger partial charge in [-0.3, -0.25) is 9.59 Å². The molecule has 0 aromatic heterocycles. The van der Waals surface area contributed by atoms with Crippen LogP contribution in [0, 0.1) is 5.92 Å². The first-order valence-electron chi connectivity index (χ1n) is 11.9. The zero-order valence-electron chi connectivity index (χ0n) is 20.7. The highest BCUT2D eigenvalue weighted by atomic mass is 16.7. The Morgan fingerprint density at radius 3 is 2.22 bits per heavy atom. The molecular formula is C26H30N2O8. The van der Waals surface area contributed by atoms with E-state index in [-0.39, 0.29) is 24.5 Å². The summed E-state index contributed by atoms with van der Waals surface area (Å²) in [6.07, 6.45) is 0. The molecule has 0 spiro atoms. The van der Waals surface area contributed by atoms with Crippen LogP contribution in [0.3, 0.4) is 0 Å². The molecule has 3 aliphatic heterocycles. The summed E-state index contributed by atoms with van der Waals surface area (Å²) >= 11 is 0. The van der Waals surface area contributed by atoms with Crippen LogP contribution >= 0.6 is 0 Å². The highest BCUT2D eigenvalue weighted by Gasteiger charge is 2.43. The number of likely N-dealkylation sites (tertiary alicyclic amines) is 1. The number of nitrogens with zero attached hydrogens (tertiary/aromatic N) is 2. The molecule has 0 aliphatic carbocycles. The molecule has 10 nitrogen and oxygen atoms in total. The van der Waals surface area contributed by atoms with E-state index in [0.29, 0.717) is 73.7 Å². The lowest BCUT2D eigenvalue weighted by Gasteiger charge is -2.31. The topological polar surface area (TPSA) is 96.0 Å². The molecule has 2 fully saturated rings. The number of carbonyl (C=O) groups is 2. The van der Waals surface area contributed by atoms with Crippen molar-refractivity contribution >= 4 is 11.8 Å². The zero-order chi connectivity index (χ0) is 25.2. The van der Waals surface area contributed by atoms with E-state index in [4.69, 9.17) is 28.4 Å².